The molecule has 0 atom stereocenters. The van der Waals surface area contributed by atoms with Crippen LogP contribution in [0.5, 0.6) is 0 Å². The van der Waals surface area contributed by atoms with Crippen LogP contribution in [0.4, 0.5) is 0 Å². The van der Waals surface area contributed by atoms with Crippen molar-refractivity contribution in [1.82, 2.24) is 5.32 Å². The largest absolute Gasteiger partial charge is 0.623 e. The van der Waals surface area contributed by atoms with E-state index < -0.39 is 25.4 Å². The van der Waals surface area contributed by atoms with E-state index >= 15 is 0 Å². The van der Waals surface area contributed by atoms with Crippen molar-refractivity contribution >= 4 is 12.1 Å². The first-order valence-electron chi connectivity index (χ1n) is 9.51. The molecule has 0 spiro atoms. The van der Waals surface area contributed by atoms with Crippen molar-refractivity contribution in [3.63, 3.8) is 0 Å². The van der Waals surface area contributed by atoms with Crippen molar-refractivity contribution in [1.29, 1.82) is 0 Å². The van der Waals surface area contributed by atoms with Crippen molar-refractivity contribution in [2.24, 2.45) is 0 Å². The molecular weight excluding hydrogens is 348 g/mol. The minimum atomic E-state index is -1.65. The van der Waals surface area contributed by atoms with Gasteiger partial charge in [0, 0.05) is 18.5 Å². The predicted molar refractivity (Wildman–Crippen MR) is 104 cm³/mol. The van der Waals surface area contributed by atoms with Crippen molar-refractivity contribution < 1.29 is 24.9 Å². The summed E-state index contributed by atoms with van der Waals surface area (Å²) in [5, 5.41) is 42.8. The molecule has 0 saturated carbocycles. The molecule has 0 aliphatic carbocycles. The summed E-state index contributed by atoms with van der Waals surface area (Å²) in [7, 11) is 0. The molecule has 0 saturated heterocycles. The topological polar surface area (TPSA) is 116 Å². The SMILES string of the molecule is CCCCCCCC(=O)NCc1ccc(/C=[N+](\[O-])C(CO)(CO)CO)cc1. The average Bonchev–Trinajstić information content (AvgIpc) is 2.69. The first-order chi connectivity index (χ1) is 13.0. The van der Waals surface area contributed by atoms with Gasteiger partial charge >= 0.3 is 0 Å². The summed E-state index contributed by atoms with van der Waals surface area (Å²) in [5.74, 6) is 0.0338. The Morgan fingerprint density at radius 2 is 1.67 bits per heavy atom. The van der Waals surface area contributed by atoms with E-state index in [9.17, 15) is 25.3 Å². The lowest BCUT2D eigenvalue weighted by molar-refractivity contribution is -0.558. The molecule has 152 valence electrons. The molecule has 0 heterocycles. The molecule has 0 fully saturated rings. The fourth-order valence-electron chi connectivity index (χ4n) is 2.53. The van der Waals surface area contributed by atoms with Crippen LogP contribution in [0.3, 0.4) is 0 Å². The summed E-state index contributed by atoms with van der Waals surface area (Å²) < 4.78 is 0.377. The number of nitrogens with one attached hydrogen (secondary N) is 1. The summed E-state index contributed by atoms with van der Waals surface area (Å²) in [4.78, 5) is 11.8. The Morgan fingerprint density at radius 3 is 2.22 bits per heavy atom. The minimum absolute atomic E-state index is 0.0338. The van der Waals surface area contributed by atoms with E-state index in [0.717, 1.165) is 18.4 Å². The molecule has 1 amide bonds. The number of hydroxylamine groups is 1. The highest BCUT2D eigenvalue weighted by Gasteiger charge is 2.36. The minimum Gasteiger partial charge on any atom is -0.623 e. The zero-order chi connectivity index (χ0) is 20.1. The van der Waals surface area contributed by atoms with E-state index in [0.29, 0.717) is 23.3 Å². The van der Waals surface area contributed by atoms with Crippen LogP contribution in [-0.4, -0.2) is 57.5 Å². The zero-order valence-corrected chi connectivity index (χ0v) is 16.1. The number of carbonyl (C=O) groups excluding carboxylic acids is 1. The van der Waals surface area contributed by atoms with Gasteiger partial charge in [-0.05, 0) is 24.1 Å². The number of carbonyl (C=O) groups is 1. The molecule has 7 heteroatoms. The van der Waals surface area contributed by atoms with Gasteiger partial charge < -0.3 is 25.8 Å². The monoisotopic (exact) mass is 380 g/mol. The molecule has 0 aliphatic heterocycles. The molecule has 0 bridgehead atoms. The van der Waals surface area contributed by atoms with Gasteiger partial charge in [-0.25, -0.2) is 0 Å². The number of benzene rings is 1. The number of unbranched alkanes of at least 4 members (excludes halogenated alkanes) is 4. The Morgan fingerprint density at radius 1 is 1.07 bits per heavy atom. The Balaban J connectivity index is 2.52. The standard InChI is InChI=1S/C20H32N2O5/c1-2-3-4-5-6-7-19(26)21-12-17-8-10-18(11-9-17)13-22(27)20(14-23,15-24)16-25/h8-11,13,23-25H,2-7,12,14-16H2,1H3,(H,21,26)/b22-13-. The molecule has 1 aromatic carbocycles. The number of nitrogens with zero attached hydrogens (tertiary/aromatic N) is 1. The molecular formula is C20H32N2O5. The molecule has 0 aliphatic rings. The van der Waals surface area contributed by atoms with Crippen LogP contribution < -0.4 is 5.32 Å². The molecule has 0 aromatic heterocycles. The van der Waals surface area contributed by atoms with Crippen molar-refractivity contribution in [3.05, 3.63) is 40.6 Å². The van der Waals surface area contributed by atoms with Gasteiger partial charge in [0.15, 0.2) is 6.21 Å². The maximum Gasteiger partial charge on any atom is 0.240 e. The fraction of sp³-hybridized carbons (Fsp3) is 0.600. The lowest BCUT2D eigenvalue weighted by Gasteiger charge is -2.25. The van der Waals surface area contributed by atoms with Gasteiger partial charge in [0.25, 0.3) is 0 Å². The van der Waals surface area contributed by atoms with Gasteiger partial charge in [-0.15, -0.1) is 0 Å². The quantitative estimate of drug-likeness (QED) is 0.135. The van der Waals surface area contributed by atoms with Crippen LogP contribution in [0.1, 0.15) is 56.6 Å². The lowest BCUT2D eigenvalue weighted by atomic mass is 10.0. The van der Waals surface area contributed by atoms with Gasteiger partial charge in [-0.2, -0.15) is 4.74 Å². The van der Waals surface area contributed by atoms with E-state index in [-0.39, 0.29) is 5.91 Å². The molecule has 0 radical (unpaired) electrons. The van der Waals surface area contributed by atoms with E-state index in [4.69, 9.17) is 0 Å². The predicted octanol–water partition coefficient (Wildman–Crippen LogP) is 1.31. The second-order valence-electron chi connectivity index (χ2n) is 6.84. The van der Waals surface area contributed by atoms with Crippen LogP contribution in [0.2, 0.25) is 0 Å². The highest BCUT2D eigenvalue weighted by atomic mass is 16.5. The number of hydrogen-bond acceptors (Lipinski definition) is 5. The van der Waals surface area contributed by atoms with E-state index in [1.807, 2.05) is 0 Å². The number of hydrogen-bond donors (Lipinski definition) is 4. The smallest absolute Gasteiger partial charge is 0.240 e. The summed E-state index contributed by atoms with van der Waals surface area (Å²) in [6.07, 6.45) is 7.29. The third-order valence-corrected chi connectivity index (χ3v) is 4.59. The van der Waals surface area contributed by atoms with Gasteiger partial charge in [0.2, 0.25) is 11.4 Å². The van der Waals surface area contributed by atoms with Gasteiger partial charge in [0.05, 0.1) is 0 Å². The lowest BCUT2D eigenvalue weighted by Crippen LogP contribution is -2.50. The normalized spacial score (nSPS) is 12.2. The second kappa shape index (κ2) is 12.4. The molecule has 0 unspecified atom stereocenters. The van der Waals surface area contributed by atoms with Crippen LogP contribution in [0.25, 0.3) is 0 Å². The van der Waals surface area contributed by atoms with E-state index in [1.165, 1.54) is 25.5 Å². The molecule has 1 rings (SSSR count). The Labute approximate surface area is 160 Å². The van der Waals surface area contributed by atoms with Crippen LogP contribution >= 0.6 is 0 Å². The average molecular weight is 380 g/mol. The molecule has 4 N–H and O–H groups in total. The van der Waals surface area contributed by atoms with Crippen molar-refractivity contribution in [3.8, 4) is 0 Å². The Kier molecular flexibility index (Phi) is 10.6. The first kappa shape index (κ1) is 23.1. The zero-order valence-electron chi connectivity index (χ0n) is 16.1. The first-order valence-corrected chi connectivity index (χ1v) is 9.51. The maximum atomic E-state index is 12.1. The summed E-state index contributed by atoms with van der Waals surface area (Å²) in [6.45, 7) is 0.587. The van der Waals surface area contributed by atoms with Crippen LogP contribution in [0.15, 0.2) is 24.3 Å². The van der Waals surface area contributed by atoms with E-state index in [1.54, 1.807) is 24.3 Å². The summed E-state index contributed by atoms with van der Waals surface area (Å²) in [6, 6.07) is 6.99. The number of aliphatic hydroxyl groups is 3. The van der Waals surface area contributed by atoms with Gasteiger partial charge in [0.1, 0.15) is 19.8 Å². The molecule has 1 aromatic rings. The van der Waals surface area contributed by atoms with Gasteiger partial charge in [-0.3, -0.25) is 4.79 Å². The third kappa shape index (κ3) is 7.66. The summed E-state index contributed by atoms with van der Waals surface area (Å²) >= 11 is 0. The van der Waals surface area contributed by atoms with Crippen LogP contribution in [-0.2, 0) is 11.3 Å². The van der Waals surface area contributed by atoms with Crippen LogP contribution in [0, 0.1) is 5.21 Å². The highest BCUT2D eigenvalue weighted by molar-refractivity contribution is 5.76. The number of amides is 1. The Bertz CT molecular complexity index is 574. The maximum absolute atomic E-state index is 12.1. The Hall–Kier alpha value is -1.96. The highest BCUT2D eigenvalue weighted by Crippen LogP contribution is 2.10. The van der Waals surface area contributed by atoms with Gasteiger partial charge in [-0.1, -0.05) is 44.7 Å². The van der Waals surface area contributed by atoms with Crippen molar-refractivity contribution in [2.75, 3.05) is 19.8 Å². The van der Waals surface area contributed by atoms with Crippen molar-refractivity contribution in [2.45, 2.75) is 57.5 Å². The number of rotatable bonds is 13. The third-order valence-electron chi connectivity index (χ3n) is 4.59. The van der Waals surface area contributed by atoms with E-state index in [2.05, 4.69) is 12.2 Å². The molecule has 7 nitrogen and oxygen atoms in total. The number of aliphatic hydroxyl groups excluding tert-OH is 3. The fourth-order valence-corrected chi connectivity index (χ4v) is 2.53. The summed E-state index contributed by atoms with van der Waals surface area (Å²) in [5.41, 5.74) is -0.179. The second-order valence-corrected chi connectivity index (χ2v) is 6.84. The molecule has 27 heavy (non-hydrogen) atoms.